The molecule has 2 N–H and O–H groups in total. The van der Waals surface area contributed by atoms with Crippen LogP contribution in [0.2, 0.25) is 0 Å². The zero-order valence-corrected chi connectivity index (χ0v) is 11.3. The zero-order valence-electron chi connectivity index (χ0n) is 9.71. The summed E-state index contributed by atoms with van der Waals surface area (Å²) < 4.78 is 0.850. The highest BCUT2D eigenvalue weighted by Gasteiger charge is 2.14. The van der Waals surface area contributed by atoms with Crippen LogP contribution in [0.4, 0.5) is 5.82 Å². The molecule has 0 saturated carbocycles. The van der Waals surface area contributed by atoms with Crippen molar-refractivity contribution in [1.29, 1.82) is 0 Å². The lowest BCUT2D eigenvalue weighted by atomic mass is 9.86. The Labute approximate surface area is 104 Å². The Morgan fingerprint density at radius 3 is 2.50 bits per heavy atom. The highest BCUT2D eigenvalue weighted by molar-refractivity contribution is 9.10. The van der Waals surface area contributed by atoms with Gasteiger partial charge < -0.3 is 5.73 Å². The van der Waals surface area contributed by atoms with E-state index in [0.717, 1.165) is 15.4 Å². The van der Waals surface area contributed by atoms with Crippen LogP contribution in [0, 0.1) is 0 Å². The first-order valence-corrected chi connectivity index (χ1v) is 6.03. The van der Waals surface area contributed by atoms with Gasteiger partial charge in [-0.25, -0.2) is 4.98 Å². The Morgan fingerprint density at radius 2 is 1.88 bits per heavy atom. The first-order valence-electron chi connectivity index (χ1n) is 5.24. The molecular formula is C13H15BrN2. The number of anilines is 1. The van der Waals surface area contributed by atoms with E-state index >= 15 is 0 Å². The summed E-state index contributed by atoms with van der Waals surface area (Å²) in [5.41, 5.74) is 8.15. The minimum atomic E-state index is 0.137. The Hall–Kier alpha value is -1.09. The van der Waals surface area contributed by atoms with E-state index in [4.69, 9.17) is 5.73 Å². The highest BCUT2D eigenvalue weighted by atomic mass is 79.9. The Morgan fingerprint density at radius 1 is 1.19 bits per heavy atom. The summed E-state index contributed by atoms with van der Waals surface area (Å²) in [6.07, 6.45) is 0. The van der Waals surface area contributed by atoms with Gasteiger partial charge in [-0.2, -0.15) is 0 Å². The van der Waals surface area contributed by atoms with E-state index in [1.165, 1.54) is 5.56 Å². The maximum absolute atomic E-state index is 5.79. The molecular weight excluding hydrogens is 264 g/mol. The SMILES string of the molecule is CC(C)(C)c1ccc2cc(Br)c(N)nc2c1. The topological polar surface area (TPSA) is 38.9 Å². The molecule has 0 atom stereocenters. The lowest BCUT2D eigenvalue weighted by Crippen LogP contribution is -2.10. The van der Waals surface area contributed by atoms with Gasteiger partial charge in [0.2, 0.25) is 0 Å². The highest BCUT2D eigenvalue weighted by Crippen LogP contribution is 2.28. The smallest absolute Gasteiger partial charge is 0.138 e. The van der Waals surface area contributed by atoms with Crippen LogP contribution in [0.15, 0.2) is 28.7 Å². The number of fused-ring (bicyclic) bond motifs is 1. The van der Waals surface area contributed by atoms with Gasteiger partial charge in [0.1, 0.15) is 5.82 Å². The molecule has 0 bridgehead atoms. The summed E-state index contributed by atoms with van der Waals surface area (Å²) in [5.74, 6) is 0.540. The summed E-state index contributed by atoms with van der Waals surface area (Å²) in [4.78, 5) is 4.38. The summed E-state index contributed by atoms with van der Waals surface area (Å²) in [6.45, 7) is 6.57. The van der Waals surface area contributed by atoms with Crippen molar-refractivity contribution < 1.29 is 0 Å². The summed E-state index contributed by atoms with van der Waals surface area (Å²) >= 11 is 3.39. The average Bonchev–Trinajstić information content (AvgIpc) is 2.17. The van der Waals surface area contributed by atoms with Gasteiger partial charge in [0.05, 0.1) is 9.99 Å². The molecule has 16 heavy (non-hydrogen) atoms. The molecule has 0 saturated heterocycles. The molecule has 1 aromatic heterocycles. The fourth-order valence-corrected chi connectivity index (χ4v) is 1.96. The molecule has 0 amide bonds. The van der Waals surface area contributed by atoms with Crippen molar-refractivity contribution in [3.05, 3.63) is 34.3 Å². The lowest BCUT2D eigenvalue weighted by molar-refractivity contribution is 0.591. The van der Waals surface area contributed by atoms with Gasteiger partial charge in [-0.15, -0.1) is 0 Å². The van der Waals surface area contributed by atoms with Crippen LogP contribution in [-0.4, -0.2) is 4.98 Å². The van der Waals surface area contributed by atoms with Gasteiger partial charge in [-0.3, -0.25) is 0 Å². The fraction of sp³-hybridized carbons (Fsp3) is 0.308. The third-order valence-corrected chi connectivity index (χ3v) is 3.30. The van der Waals surface area contributed by atoms with E-state index in [1.807, 2.05) is 6.07 Å². The number of hydrogen-bond donors (Lipinski definition) is 1. The molecule has 0 aliphatic carbocycles. The molecule has 1 aromatic carbocycles. The standard InChI is InChI=1S/C13H15BrN2/c1-13(2,3)9-5-4-8-6-10(14)12(15)16-11(8)7-9/h4-7H,1-3H3,(H2,15,16). The van der Waals surface area contributed by atoms with E-state index < -0.39 is 0 Å². The number of aromatic nitrogens is 1. The third kappa shape index (κ3) is 2.05. The Balaban J connectivity index is 2.67. The van der Waals surface area contributed by atoms with Crippen molar-refractivity contribution in [2.75, 3.05) is 5.73 Å². The molecule has 2 rings (SSSR count). The second-order valence-electron chi connectivity index (χ2n) is 5.01. The summed E-state index contributed by atoms with van der Waals surface area (Å²) in [5, 5.41) is 1.11. The van der Waals surface area contributed by atoms with Crippen molar-refractivity contribution >= 4 is 32.7 Å². The van der Waals surface area contributed by atoms with Crippen LogP contribution in [0.1, 0.15) is 26.3 Å². The molecule has 0 spiro atoms. The quantitative estimate of drug-likeness (QED) is 0.794. The van der Waals surface area contributed by atoms with Gasteiger partial charge in [0.15, 0.2) is 0 Å². The van der Waals surface area contributed by atoms with Gasteiger partial charge in [0, 0.05) is 5.39 Å². The molecule has 2 nitrogen and oxygen atoms in total. The van der Waals surface area contributed by atoms with Crippen LogP contribution in [0.3, 0.4) is 0 Å². The molecule has 0 radical (unpaired) electrons. The van der Waals surface area contributed by atoms with E-state index in [9.17, 15) is 0 Å². The first kappa shape index (κ1) is 11.4. The lowest BCUT2D eigenvalue weighted by Gasteiger charge is -2.19. The molecule has 1 heterocycles. The molecule has 0 fully saturated rings. The molecule has 0 aliphatic heterocycles. The maximum Gasteiger partial charge on any atom is 0.138 e. The Kier molecular flexibility index (Phi) is 2.66. The number of nitrogen functional groups attached to an aromatic ring is 1. The second-order valence-corrected chi connectivity index (χ2v) is 5.87. The minimum Gasteiger partial charge on any atom is -0.383 e. The van der Waals surface area contributed by atoms with Crippen molar-refractivity contribution in [2.45, 2.75) is 26.2 Å². The molecule has 0 aliphatic rings. The summed E-state index contributed by atoms with van der Waals surface area (Å²) in [6, 6.07) is 8.35. The Bertz CT molecular complexity index is 541. The predicted octanol–water partition coefficient (Wildman–Crippen LogP) is 3.88. The monoisotopic (exact) mass is 278 g/mol. The third-order valence-electron chi connectivity index (χ3n) is 2.66. The first-order chi connectivity index (χ1) is 7.38. The van der Waals surface area contributed by atoms with Crippen molar-refractivity contribution in [3.8, 4) is 0 Å². The van der Waals surface area contributed by atoms with Crippen LogP contribution >= 0.6 is 15.9 Å². The van der Waals surface area contributed by atoms with Crippen LogP contribution in [-0.2, 0) is 5.41 Å². The number of hydrogen-bond acceptors (Lipinski definition) is 2. The van der Waals surface area contributed by atoms with Crippen molar-refractivity contribution in [3.63, 3.8) is 0 Å². The molecule has 0 unspecified atom stereocenters. The number of pyridine rings is 1. The van der Waals surface area contributed by atoms with E-state index in [-0.39, 0.29) is 5.41 Å². The van der Waals surface area contributed by atoms with E-state index in [1.54, 1.807) is 0 Å². The number of halogens is 1. The van der Waals surface area contributed by atoms with Gasteiger partial charge in [-0.1, -0.05) is 32.9 Å². The second kappa shape index (κ2) is 3.74. The van der Waals surface area contributed by atoms with Gasteiger partial charge in [0.25, 0.3) is 0 Å². The summed E-state index contributed by atoms with van der Waals surface area (Å²) in [7, 11) is 0. The van der Waals surface area contributed by atoms with Crippen LogP contribution in [0.25, 0.3) is 10.9 Å². The molecule has 2 aromatic rings. The number of benzene rings is 1. The average molecular weight is 279 g/mol. The predicted molar refractivity (Wildman–Crippen MR) is 72.6 cm³/mol. The molecule has 84 valence electrons. The largest absolute Gasteiger partial charge is 0.383 e. The zero-order chi connectivity index (χ0) is 11.9. The van der Waals surface area contributed by atoms with Gasteiger partial charge >= 0.3 is 0 Å². The van der Waals surface area contributed by atoms with Crippen molar-refractivity contribution in [2.24, 2.45) is 0 Å². The fourth-order valence-electron chi connectivity index (χ4n) is 1.62. The van der Waals surface area contributed by atoms with Gasteiger partial charge in [-0.05, 0) is 39.0 Å². The van der Waals surface area contributed by atoms with Crippen LogP contribution < -0.4 is 5.73 Å². The van der Waals surface area contributed by atoms with Crippen molar-refractivity contribution in [1.82, 2.24) is 4.98 Å². The number of rotatable bonds is 0. The number of nitrogens with two attached hydrogens (primary N) is 1. The minimum absolute atomic E-state index is 0.137. The normalized spacial score (nSPS) is 12.0. The maximum atomic E-state index is 5.79. The van der Waals surface area contributed by atoms with E-state index in [2.05, 4.69) is 59.9 Å². The number of nitrogens with zero attached hydrogens (tertiary/aromatic N) is 1. The molecule has 3 heteroatoms. The van der Waals surface area contributed by atoms with Crippen LogP contribution in [0.5, 0.6) is 0 Å². The van der Waals surface area contributed by atoms with E-state index in [0.29, 0.717) is 5.82 Å².